The lowest BCUT2D eigenvalue weighted by atomic mass is 10.1. The van der Waals surface area contributed by atoms with Gasteiger partial charge in [-0.2, -0.15) is 0 Å². The van der Waals surface area contributed by atoms with Gasteiger partial charge >= 0.3 is 0 Å². The molecule has 0 heterocycles. The summed E-state index contributed by atoms with van der Waals surface area (Å²) in [4.78, 5) is 2.45. The van der Waals surface area contributed by atoms with Crippen molar-refractivity contribution in [1.29, 1.82) is 0 Å². The van der Waals surface area contributed by atoms with E-state index in [1.807, 2.05) is 0 Å². The Morgan fingerprint density at radius 2 is 1.72 bits per heavy atom. The Balaban J connectivity index is 2.53. The van der Waals surface area contributed by atoms with Crippen LogP contribution in [0.15, 0.2) is 24.3 Å². The van der Waals surface area contributed by atoms with E-state index in [2.05, 4.69) is 69.1 Å². The monoisotopic (exact) mass is 248 g/mol. The zero-order chi connectivity index (χ0) is 13.5. The maximum Gasteiger partial charge on any atom is 0.0366 e. The summed E-state index contributed by atoms with van der Waals surface area (Å²) in [6.45, 7) is 14.3. The van der Waals surface area contributed by atoms with Gasteiger partial charge in [0.15, 0.2) is 0 Å². The third-order valence-electron chi connectivity index (χ3n) is 3.19. The van der Waals surface area contributed by atoms with Crippen LogP contribution in [0.3, 0.4) is 0 Å². The second-order valence-electron chi connectivity index (χ2n) is 5.54. The Hall–Kier alpha value is -1.02. The molecule has 0 saturated carbocycles. The minimum atomic E-state index is 0.571. The van der Waals surface area contributed by atoms with Crippen molar-refractivity contribution in [2.24, 2.45) is 5.92 Å². The Labute approximate surface area is 112 Å². The highest BCUT2D eigenvalue weighted by Gasteiger charge is 2.09. The summed E-state index contributed by atoms with van der Waals surface area (Å²) >= 11 is 0. The fourth-order valence-corrected chi connectivity index (χ4v) is 2.05. The van der Waals surface area contributed by atoms with Crippen LogP contribution in [0.25, 0.3) is 0 Å². The number of anilines is 1. The topological polar surface area (TPSA) is 15.3 Å². The van der Waals surface area contributed by atoms with Gasteiger partial charge in [0.1, 0.15) is 0 Å². The van der Waals surface area contributed by atoms with Crippen molar-refractivity contribution in [2.45, 2.75) is 40.7 Å². The summed E-state index contributed by atoms with van der Waals surface area (Å²) in [6, 6.07) is 9.40. The van der Waals surface area contributed by atoms with Gasteiger partial charge in [-0.3, -0.25) is 0 Å². The molecule has 1 N–H and O–H groups in total. The molecule has 2 nitrogen and oxygen atoms in total. The highest BCUT2D eigenvalue weighted by atomic mass is 15.1. The molecule has 0 saturated heterocycles. The van der Waals surface area contributed by atoms with E-state index in [0.717, 1.165) is 19.6 Å². The molecule has 0 fully saturated rings. The van der Waals surface area contributed by atoms with Crippen molar-refractivity contribution in [3.8, 4) is 0 Å². The van der Waals surface area contributed by atoms with Crippen LogP contribution in [0.2, 0.25) is 0 Å². The van der Waals surface area contributed by atoms with E-state index in [0.29, 0.717) is 12.0 Å². The molecular formula is C16H28N2. The lowest BCUT2D eigenvalue weighted by Crippen LogP contribution is -2.35. The molecular weight excluding hydrogens is 220 g/mol. The summed E-state index contributed by atoms with van der Waals surface area (Å²) in [5, 5.41) is 3.51. The maximum absolute atomic E-state index is 3.51. The van der Waals surface area contributed by atoms with Gasteiger partial charge in [0.25, 0.3) is 0 Å². The van der Waals surface area contributed by atoms with E-state index in [1.54, 1.807) is 0 Å². The molecule has 1 unspecified atom stereocenters. The van der Waals surface area contributed by atoms with Crippen molar-refractivity contribution >= 4 is 5.69 Å². The van der Waals surface area contributed by atoms with Crippen molar-refractivity contribution in [3.05, 3.63) is 29.8 Å². The van der Waals surface area contributed by atoms with Crippen LogP contribution in [0.4, 0.5) is 5.69 Å². The summed E-state index contributed by atoms with van der Waals surface area (Å²) in [6.07, 6.45) is 0. The molecule has 0 amide bonds. The van der Waals surface area contributed by atoms with Crippen LogP contribution in [-0.2, 0) is 0 Å². The largest absolute Gasteiger partial charge is 0.371 e. The quantitative estimate of drug-likeness (QED) is 0.795. The first-order valence-corrected chi connectivity index (χ1v) is 7.08. The molecule has 1 aromatic carbocycles. The van der Waals surface area contributed by atoms with Crippen molar-refractivity contribution < 1.29 is 0 Å². The first-order chi connectivity index (χ1) is 8.52. The van der Waals surface area contributed by atoms with Gasteiger partial charge in [0, 0.05) is 24.8 Å². The average molecular weight is 248 g/mol. The molecule has 1 aromatic rings. The molecule has 0 aliphatic heterocycles. The van der Waals surface area contributed by atoms with E-state index < -0.39 is 0 Å². The van der Waals surface area contributed by atoms with Crippen molar-refractivity contribution in [1.82, 2.24) is 5.32 Å². The number of nitrogens with zero attached hydrogens (tertiary/aromatic N) is 1. The molecule has 0 radical (unpaired) electrons. The number of nitrogens with one attached hydrogen (secondary N) is 1. The van der Waals surface area contributed by atoms with Crippen LogP contribution in [0.5, 0.6) is 0 Å². The van der Waals surface area contributed by atoms with Crippen LogP contribution >= 0.6 is 0 Å². The van der Waals surface area contributed by atoms with Crippen LogP contribution < -0.4 is 10.2 Å². The van der Waals surface area contributed by atoms with Gasteiger partial charge in [-0.25, -0.2) is 0 Å². The smallest absolute Gasteiger partial charge is 0.0366 e. The van der Waals surface area contributed by atoms with Crippen molar-refractivity contribution in [3.63, 3.8) is 0 Å². The van der Waals surface area contributed by atoms with Crippen LogP contribution in [-0.4, -0.2) is 25.7 Å². The SMILES string of the molecule is CCN(CC(C)CNC(C)C)c1ccc(C)cc1. The van der Waals surface area contributed by atoms with E-state index in [4.69, 9.17) is 0 Å². The number of rotatable bonds is 7. The van der Waals surface area contributed by atoms with Gasteiger partial charge in [-0.15, -0.1) is 0 Å². The lowest BCUT2D eigenvalue weighted by Gasteiger charge is -2.27. The second-order valence-corrected chi connectivity index (χ2v) is 5.54. The third-order valence-corrected chi connectivity index (χ3v) is 3.19. The van der Waals surface area contributed by atoms with Crippen LogP contribution in [0, 0.1) is 12.8 Å². The van der Waals surface area contributed by atoms with E-state index in [9.17, 15) is 0 Å². The average Bonchev–Trinajstić information content (AvgIpc) is 2.34. The highest BCUT2D eigenvalue weighted by molar-refractivity contribution is 5.47. The first kappa shape index (κ1) is 15.0. The van der Waals surface area contributed by atoms with Gasteiger partial charge in [0.2, 0.25) is 0 Å². The fraction of sp³-hybridized carbons (Fsp3) is 0.625. The van der Waals surface area contributed by atoms with E-state index in [-0.39, 0.29) is 0 Å². The predicted octanol–water partition coefficient (Wildman–Crippen LogP) is 3.46. The van der Waals surface area contributed by atoms with E-state index in [1.165, 1.54) is 11.3 Å². The molecule has 0 bridgehead atoms. The molecule has 1 rings (SSSR count). The molecule has 18 heavy (non-hydrogen) atoms. The highest BCUT2D eigenvalue weighted by Crippen LogP contribution is 2.16. The first-order valence-electron chi connectivity index (χ1n) is 7.08. The molecule has 0 aliphatic carbocycles. The summed E-state index contributed by atoms with van der Waals surface area (Å²) in [5.74, 6) is 0.661. The Kier molecular flexibility index (Phi) is 6.20. The molecule has 1 atom stereocenters. The second kappa shape index (κ2) is 7.42. The zero-order valence-corrected chi connectivity index (χ0v) is 12.5. The Morgan fingerprint density at radius 1 is 1.11 bits per heavy atom. The Morgan fingerprint density at radius 3 is 2.22 bits per heavy atom. The number of hydrogen-bond donors (Lipinski definition) is 1. The zero-order valence-electron chi connectivity index (χ0n) is 12.5. The van der Waals surface area contributed by atoms with Crippen LogP contribution in [0.1, 0.15) is 33.3 Å². The number of hydrogen-bond acceptors (Lipinski definition) is 2. The summed E-state index contributed by atoms with van der Waals surface area (Å²) in [7, 11) is 0. The minimum absolute atomic E-state index is 0.571. The minimum Gasteiger partial charge on any atom is -0.371 e. The number of aryl methyl sites for hydroxylation is 1. The van der Waals surface area contributed by atoms with Gasteiger partial charge in [-0.05, 0) is 38.4 Å². The van der Waals surface area contributed by atoms with Gasteiger partial charge < -0.3 is 10.2 Å². The maximum atomic E-state index is 3.51. The number of benzene rings is 1. The molecule has 0 spiro atoms. The molecule has 0 aromatic heterocycles. The van der Waals surface area contributed by atoms with Gasteiger partial charge in [-0.1, -0.05) is 38.5 Å². The molecule has 0 aliphatic rings. The van der Waals surface area contributed by atoms with E-state index >= 15 is 0 Å². The molecule has 102 valence electrons. The standard InChI is InChI=1S/C16H28N2/c1-6-18(12-15(5)11-17-13(2)3)16-9-7-14(4)8-10-16/h7-10,13,15,17H,6,11-12H2,1-5H3. The molecule has 2 heteroatoms. The fourth-order valence-electron chi connectivity index (χ4n) is 2.05. The Bertz CT molecular complexity index is 329. The van der Waals surface area contributed by atoms with Crippen molar-refractivity contribution in [2.75, 3.05) is 24.5 Å². The third kappa shape index (κ3) is 5.09. The van der Waals surface area contributed by atoms with Gasteiger partial charge in [0.05, 0.1) is 0 Å². The summed E-state index contributed by atoms with van der Waals surface area (Å²) in [5.41, 5.74) is 2.66. The lowest BCUT2D eigenvalue weighted by molar-refractivity contribution is 0.474. The summed E-state index contributed by atoms with van der Waals surface area (Å²) < 4.78 is 0. The predicted molar refractivity (Wildman–Crippen MR) is 81.4 cm³/mol. The normalized spacial score (nSPS) is 12.8.